The van der Waals surface area contributed by atoms with Gasteiger partial charge in [-0.15, -0.1) is 6.42 Å². The molecule has 4 heteroatoms. The maximum absolute atomic E-state index is 12.9. The number of nitrogens with zero attached hydrogens (tertiary/aromatic N) is 1. The minimum Gasteiger partial charge on any atom is -0.258 e. The van der Waals surface area contributed by atoms with Crippen molar-refractivity contribution in [2.75, 3.05) is 0 Å². The fourth-order valence-electron chi connectivity index (χ4n) is 1.04. The molecule has 0 aromatic heterocycles. The average Bonchev–Trinajstić information content (AvgIpc) is 2.17. The highest BCUT2D eigenvalue weighted by molar-refractivity contribution is 5.39. The molecule has 3 nitrogen and oxygen atoms in total. The minimum absolute atomic E-state index is 0.255. The van der Waals surface area contributed by atoms with Gasteiger partial charge in [-0.1, -0.05) is 12.0 Å². The maximum atomic E-state index is 12.9. The second kappa shape index (κ2) is 3.88. The molecule has 1 unspecified atom stereocenters. The van der Waals surface area contributed by atoms with Gasteiger partial charge in [0.2, 0.25) is 5.82 Å². The first-order chi connectivity index (χ1) is 6.56. The molecule has 1 aromatic rings. The largest absolute Gasteiger partial charge is 0.305 e. The molecule has 0 bridgehead atoms. The number of terminal acetylenes is 1. The van der Waals surface area contributed by atoms with Crippen LogP contribution in [0.3, 0.4) is 0 Å². The molecule has 0 heterocycles. The Morgan fingerprint density at radius 3 is 2.79 bits per heavy atom. The Morgan fingerprint density at radius 1 is 1.64 bits per heavy atom. The van der Waals surface area contributed by atoms with Crippen LogP contribution in [0.1, 0.15) is 18.4 Å². The van der Waals surface area contributed by atoms with E-state index in [0.29, 0.717) is 5.56 Å². The van der Waals surface area contributed by atoms with Gasteiger partial charge in [0.05, 0.1) is 4.92 Å². The number of rotatable bonds is 2. The molecule has 0 aliphatic carbocycles. The number of nitro benzene ring substituents is 1. The van der Waals surface area contributed by atoms with Crippen molar-refractivity contribution >= 4 is 5.69 Å². The van der Waals surface area contributed by atoms with E-state index >= 15 is 0 Å². The van der Waals surface area contributed by atoms with Crippen molar-refractivity contribution in [3.63, 3.8) is 0 Å². The van der Waals surface area contributed by atoms with E-state index in [2.05, 4.69) is 5.92 Å². The maximum Gasteiger partial charge on any atom is 0.305 e. The van der Waals surface area contributed by atoms with E-state index in [1.807, 2.05) is 0 Å². The van der Waals surface area contributed by atoms with E-state index in [1.54, 1.807) is 6.92 Å². The summed E-state index contributed by atoms with van der Waals surface area (Å²) in [7, 11) is 0. The third-order valence-electron chi connectivity index (χ3n) is 1.92. The van der Waals surface area contributed by atoms with Gasteiger partial charge in [0, 0.05) is 12.0 Å². The summed E-state index contributed by atoms with van der Waals surface area (Å²) >= 11 is 0. The Kier molecular flexibility index (Phi) is 2.82. The first kappa shape index (κ1) is 10.2. The van der Waals surface area contributed by atoms with Crippen molar-refractivity contribution in [1.29, 1.82) is 0 Å². The van der Waals surface area contributed by atoms with E-state index < -0.39 is 16.4 Å². The van der Waals surface area contributed by atoms with Crippen LogP contribution in [0.5, 0.6) is 0 Å². The number of nitro groups is 1. The van der Waals surface area contributed by atoms with Crippen LogP contribution in [-0.4, -0.2) is 4.92 Å². The number of hydrogen-bond donors (Lipinski definition) is 0. The highest BCUT2D eigenvalue weighted by atomic mass is 19.1. The lowest BCUT2D eigenvalue weighted by Gasteiger charge is -2.03. The van der Waals surface area contributed by atoms with Crippen molar-refractivity contribution in [3.05, 3.63) is 39.7 Å². The Balaban J connectivity index is 3.21. The van der Waals surface area contributed by atoms with Gasteiger partial charge in [0.25, 0.3) is 0 Å². The van der Waals surface area contributed by atoms with Gasteiger partial charge in [0.15, 0.2) is 0 Å². The molecule has 1 rings (SSSR count). The number of halogens is 1. The third-order valence-corrected chi connectivity index (χ3v) is 1.92. The van der Waals surface area contributed by atoms with Crippen molar-refractivity contribution in [2.24, 2.45) is 0 Å². The first-order valence-corrected chi connectivity index (χ1v) is 3.96. The van der Waals surface area contributed by atoms with Gasteiger partial charge in [-0.2, -0.15) is 4.39 Å². The first-order valence-electron chi connectivity index (χ1n) is 3.96. The molecule has 0 amide bonds. The predicted octanol–water partition coefficient (Wildman–Crippen LogP) is 2.47. The summed E-state index contributed by atoms with van der Waals surface area (Å²) in [5.41, 5.74) is 0.0326. The van der Waals surface area contributed by atoms with Gasteiger partial charge in [0.1, 0.15) is 0 Å². The Hall–Kier alpha value is -1.89. The lowest BCUT2D eigenvalue weighted by atomic mass is 10.0. The fourth-order valence-corrected chi connectivity index (χ4v) is 1.04. The van der Waals surface area contributed by atoms with Crippen molar-refractivity contribution in [2.45, 2.75) is 12.8 Å². The summed E-state index contributed by atoms with van der Waals surface area (Å²) in [5.74, 6) is 1.32. The molecule has 0 aliphatic rings. The van der Waals surface area contributed by atoms with Gasteiger partial charge < -0.3 is 0 Å². The molecule has 14 heavy (non-hydrogen) atoms. The SMILES string of the molecule is C#CC(C)c1ccc(F)c([N+](=O)[O-])c1. The Morgan fingerprint density at radius 2 is 2.29 bits per heavy atom. The summed E-state index contributed by atoms with van der Waals surface area (Å²) in [6, 6.07) is 3.67. The summed E-state index contributed by atoms with van der Waals surface area (Å²) in [5, 5.41) is 10.4. The van der Waals surface area contributed by atoms with Crippen LogP contribution in [0.15, 0.2) is 18.2 Å². The molecule has 0 N–H and O–H groups in total. The number of benzene rings is 1. The van der Waals surface area contributed by atoms with Crippen LogP contribution in [0, 0.1) is 28.3 Å². The summed E-state index contributed by atoms with van der Waals surface area (Å²) < 4.78 is 12.9. The zero-order chi connectivity index (χ0) is 10.7. The molecule has 1 atom stereocenters. The van der Waals surface area contributed by atoms with Crippen LogP contribution >= 0.6 is 0 Å². The van der Waals surface area contributed by atoms with Crippen LogP contribution < -0.4 is 0 Å². The lowest BCUT2D eigenvalue weighted by molar-refractivity contribution is -0.387. The molecule has 0 saturated heterocycles. The van der Waals surface area contributed by atoms with E-state index in [1.165, 1.54) is 12.1 Å². The van der Waals surface area contributed by atoms with Gasteiger partial charge in [-0.3, -0.25) is 10.1 Å². The summed E-state index contributed by atoms with van der Waals surface area (Å²) in [6.45, 7) is 1.72. The monoisotopic (exact) mass is 193 g/mol. The smallest absolute Gasteiger partial charge is 0.258 e. The van der Waals surface area contributed by atoms with E-state index in [-0.39, 0.29) is 5.92 Å². The standard InChI is InChI=1S/C10H8FNO2/c1-3-7(2)8-4-5-9(11)10(6-8)12(13)14/h1,4-7H,2H3. The van der Waals surface area contributed by atoms with Gasteiger partial charge in [-0.25, -0.2) is 0 Å². The molecular formula is C10H8FNO2. The highest BCUT2D eigenvalue weighted by Crippen LogP contribution is 2.23. The highest BCUT2D eigenvalue weighted by Gasteiger charge is 2.15. The Bertz CT molecular complexity index is 409. The van der Waals surface area contributed by atoms with Gasteiger partial charge in [-0.05, 0) is 18.6 Å². The molecule has 0 radical (unpaired) electrons. The average molecular weight is 193 g/mol. The van der Waals surface area contributed by atoms with Crippen molar-refractivity contribution in [3.8, 4) is 12.3 Å². The second-order valence-corrected chi connectivity index (χ2v) is 2.86. The molecule has 0 saturated carbocycles. The van der Waals surface area contributed by atoms with Crippen LogP contribution in [0.25, 0.3) is 0 Å². The molecule has 0 aliphatic heterocycles. The predicted molar refractivity (Wildman–Crippen MR) is 50.3 cm³/mol. The zero-order valence-corrected chi connectivity index (χ0v) is 7.53. The zero-order valence-electron chi connectivity index (χ0n) is 7.53. The lowest BCUT2D eigenvalue weighted by Crippen LogP contribution is -1.96. The topological polar surface area (TPSA) is 43.1 Å². The normalized spacial score (nSPS) is 11.8. The molecule has 72 valence electrons. The van der Waals surface area contributed by atoms with E-state index in [9.17, 15) is 14.5 Å². The van der Waals surface area contributed by atoms with Crippen molar-refractivity contribution in [1.82, 2.24) is 0 Å². The van der Waals surface area contributed by atoms with Crippen LogP contribution in [0.4, 0.5) is 10.1 Å². The van der Waals surface area contributed by atoms with Crippen LogP contribution in [0.2, 0.25) is 0 Å². The molecule has 0 spiro atoms. The number of hydrogen-bond acceptors (Lipinski definition) is 2. The van der Waals surface area contributed by atoms with Gasteiger partial charge >= 0.3 is 5.69 Å². The second-order valence-electron chi connectivity index (χ2n) is 2.86. The molecule has 0 fully saturated rings. The fraction of sp³-hybridized carbons (Fsp3) is 0.200. The Labute approximate surface area is 80.7 Å². The van der Waals surface area contributed by atoms with E-state index in [4.69, 9.17) is 6.42 Å². The molecular weight excluding hydrogens is 185 g/mol. The summed E-state index contributed by atoms with van der Waals surface area (Å²) in [6.07, 6.45) is 5.15. The quantitative estimate of drug-likeness (QED) is 0.411. The molecule has 1 aromatic carbocycles. The minimum atomic E-state index is -0.844. The van der Waals surface area contributed by atoms with E-state index in [0.717, 1.165) is 6.07 Å². The van der Waals surface area contributed by atoms with Crippen molar-refractivity contribution < 1.29 is 9.31 Å². The van der Waals surface area contributed by atoms with Crippen LogP contribution in [-0.2, 0) is 0 Å². The summed E-state index contributed by atoms with van der Waals surface area (Å²) in [4.78, 5) is 9.64. The third kappa shape index (κ3) is 1.88.